The van der Waals surface area contributed by atoms with Gasteiger partial charge in [-0.05, 0) is 80.3 Å². The Morgan fingerprint density at radius 3 is 2.25 bits per heavy atom. The van der Waals surface area contributed by atoms with Crippen LogP contribution in [0.1, 0.15) is 102 Å². The molecular weight excluding hydrogens is 662 g/mol. The zero-order chi connectivity index (χ0) is 38.4. The number of hydrogen-bond donors (Lipinski definition) is 4. The van der Waals surface area contributed by atoms with Crippen LogP contribution < -0.4 is 0 Å². The van der Waals surface area contributed by atoms with E-state index in [-0.39, 0.29) is 30.9 Å². The minimum atomic E-state index is -1.79. The highest BCUT2D eigenvalue weighted by Gasteiger charge is 2.59. The summed E-state index contributed by atoms with van der Waals surface area (Å²) in [6, 6.07) is -0.199. The molecule has 13 nitrogen and oxygen atoms in total. The maximum absolute atomic E-state index is 14.3. The van der Waals surface area contributed by atoms with Gasteiger partial charge < -0.3 is 58.5 Å². The Morgan fingerprint density at radius 2 is 1.67 bits per heavy atom. The van der Waals surface area contributed by atoms with E-state index >= 15 is 0 Å². The monoisotopic (exact) mass is 731 g/mol. The summed E-state index contributed by atoms with van der Waals surface area (Å²) in [5, 5.41) is 45.4. The predicted octanol–water partition coefficient (Wildman–Crippen LogP) is 3.01. The molecule has 0 saturated carbocycles. The first kappa shape index (κ1) is 42.8. The van der Waals surface area contributed by atoms with Gasteiger partial charge in [0.15, 0.2) is 12.6 Å². The number of ether oxygens (including phenoxy) is 7. The van der Waals surface area contributed by atoms with E-state index < -0.39 is 102 Å². The maximum Gasteiger partial charge on any atom is 0.311 e. The molecule has 4 heterocycles. The first-order valence-electron chi connectivity index (χ1n) is 19.2. The van der Waals surface area contributed by atoms with E-state index in [2.05, 4.69) is 11.8 Å². The van der Waals surface area contributed by atoms with Crippen molar-refractivity contribution >= 4 is 5.97 Å². The fraction of sp³-hybridized carbons (Fsp3) is 0.974. The summed E-state index contributed by atoms with van der Waals surface area (Å²) in [5.41, 5.74) is -3.72. The van der Waals surface area contributed by atoms with Crippen LogP contribution in [0, 0.1) is 23.7 Å². The van der Waals surface area contributed by atoms with Crippen molar-refractivity contribution in [2.45, 2.75) is 192 Å². The second-order valence-corrected chi connectivity index (χ2v) is 16.9. The molecule has 0 aromatic rings. The van der Waals surface area contributed by atoms with Crippen molar-refractivity contribution in [3.8, 4) is 0 Å². The highest BCUT2D eigenvalue weighted by molar-refractivity contribution is 5.73. The fourth-order valence-corrected chi connectivity index (χ4v) is 9.36. The largest absolute Gasteiger partial charge is 0.459 e. The summed E-state index contributed by atoms with van der Waals surface area (Å²) in [6.45, 7) is 21.1. The Morgan fingerprint density at radius 1 is 1.02 bits per heavy atom. The minimum absolute atomic E-state index is 0.0585. The highest BCUT2D eigenvalue weighted by atomic mass is 16.7. The molecule has 0 aliphatic carbocycles. The summed E-state index contributed by atoms with van der Waals surface area (Å²) in [7, 11) is 3.51. The van der Waals surface area contributed by atoms with Gasteiger partial charge in [0.05, 0.1) is 53.7 Å². The molecule has 4 N–H and O–H groups in total. The third-order valence-electron chi connectivity index (χ3n) is 12.8. The number of nitrogens with zero attached hydrogens (tertiary/aromatic N) is 1. The van der Waals surface area contributed by atoms with E-state index in [0.717, 1.165) is 6.54 Å². The van der Waals surface area contributed by atoms with E-state index in [1.807, 2.05) is 41.7 Å². The van der Waals surface area contributed by atoms with Crippen LogP contribution in [0.2, 0.25) is 0 Å². The van der Waals surface area contributed by atoms with Crippen LogP contribution in [0.3, 0.4) is 0 Å². The quantitative estimate of drug-likeness (QED) is 0.243. The van der Waals surface area contributed by atoms with Gasteiger partial charge in [0.2, 0.25) is 0 Å². The van der Waals surface area contributed by atoms with Crippen molar-refractivity contribution in [3.05, 3.63) is 0 Å². The van der Waals surface area contributed by atoms with E-state index in [4.69, 9.17) is 33.2 Å². The third kappa shape index (κ3) is 8.49. The Hall–Kier alpha value is -0.970. The Kier molecular flexibility index (Phi) is 13.8. The third-order valence-corrected chi connectivity index (χ3v) is 12.8. The second kappa shape index (κ2) is 16.4. The molecule has 0 amide bonds. The minimum Gasteiger partial charge on any atom is -0.459 e. The highest BCUT2D eigenvalue weighted by Crippen LogP contribution is 2.48. The SMILES string of the molecule is CC[C@@H](O)[C@@](C)(O)[C@@H]1OC(=O)[C@H](C)[C@@H](O[C@H]2CC(C)(OC)[C@@H](O)C(C)O2)[C@H](C)[C@@H](O[C@@H]2OC(C)CC(N(C)CC)C2O)[C@]2(C)CC(C)C(O2)[C@@H]1C. The lowest BCUT2D eigenvalue weighted by molar-refractivity contribution is -0.318. The summed E-state index contributed by atoms with van der Waals surface area (Å²) >= 11 is 0. The molecule has 7 unspecified atom stereocenters. The Labute approximate surface area is 305 Å². The number of cyclic esters (lactones) is 1. The van der Waals surface area contributed by atoms with Gasteiger partial charge in [-0.25, -0.2) is 0 Å². The number of likely N-dealkylation sites (N-methyl/N-ethyl adjacent to an activating group) is 1. The normalized spacial score (nSPS) is 48.8. The van der Waals surface area contributed by atoms with E-state index in [0.29, 0.717) is 12.8 Å². The van der Waals surface area contributed by atoms with Gasteiger partial charge in [-0.1, -0.05) is 34.6 Å². The smallest absolute Gasteiger partial charge is 0.311 e. The van der Waals surface area contributed by atoms with Crippen LogP contribution in [-0.2, 0) is 38.0 Å². The maximum atomic E-state index is 14.3. The zero-order valence-electron chi connectivity index (χ0n) is 33.3. The summed E-state index contributed by atoms with van der Waals surface area (Å²) in [4.78, 5) is 16.4. The number of carbonyl (C=O) groups is 1. The lowest BCUT2D eigenvalue weighted by Gasteiger charge is -2.48. The summed E-state index contributed by atoms with van der Waals surface area (Å²) in [5.74, 6) is -2.67. The van der Waals surface area contributed by atoms with Gasteiger partial charge in [-0.2, -0.15) is 0 Å². The van der Waals surface area contributed by atoms with Crippen molar-refractivity contribution in [2.24, 2.45) is 23.7 Å². The topological polar surface area (TPSA) is 166 Å². The number of esters is 1. The Balaban J connectivity index is 1.82. The number of methoxy groups -OCH3 is 1. The van der Waals surface area contributed by atoms with Gasteiger partial charge in [-0.15, -0.1) is 0 Å². The summed E-state index contributed by atoms with van der Waals surface area (Å²) in [6.07, 6.45) is -7.34. The van der Waals surface area contributed by atoms with Crippen molar-refractivity contribution in [3.63, 3.8) is 0 Å². The zero-order valence-corrected chi connectivity index (χ0v) is 33.3. The van der Waals surface area contributed by atoms with Crippen LogP contribution in [0.5, 0.6) is 0 Å². The molecule has 0 radical (unpaired) electrons. The fourth-order valence-electron chi connectivity index (χ4n) is 9.36. The molecule has 4 aliphatic rings. The average molecular weight is 732 g/mol. The number of hydrogen-bond acceptors (Lipinski definition) is 13. The number of carbonyl (C=O) groups excluding carboxylic acids is 1. The van der Waals surface area contributed by atoms with Crippen LogP contribution >= 0.6 is 0 Å². The van der Waals surface area contributed by atoms with Gasteiger partial charge in [0.25, 0.3) is 0 Å². The molecule has 4 aliphatic heterocycles. The first-order valence-corrected chi connectivity index (χ1v) is 19.2. The molecule has 51 heavy (non-hydrogen) atoms. The van der Waals surface area contributed by atoms with E-state index in [9.17, 15) is 25.2 Å². The molecule has 0 aromatic heterocycles. The van der Waals surface area contributed by atoms with Gasteiger partial charge in [0.1, 0.15) is 23.9 Å². The molecular formula is C38H69NO12. The van der Waals surface area contributed by atoms with Crippen LogP contribution in [0.15, 0.2) is 0 Å². The van der Waals surface area contributed by atoms with E-state index in [1.165, 1.54) is 14.0 Å². The second-order valence-electron chi connectivity index (χ2n) is 16.9. The molecule has 298 valence electrons. The lowest BCUT2D eigenvalue weighted by atomic mass is 9.76. The van der Waals surface area contributed by atoms with Crippen molar-refractivity contribution in [1.29, 1.82) is 0 Å². The number of fused-ring (bicyclic) bond motifs is 2. The molecule has 4 fully saturated rings. The molecule has 0 aromatic carbocycles. The van der Waals surface area contributed by atoms with Crippen molar-refractivity contribution in [1.82, 2.24) is 4.90 Å². The Bertz CT molecular complexity index is 1160. The molecule has 19 atom stereocenters. The molecule has 2 bridgehead atoms. The average Bonchev–Trinajstić information content (AvgIpc) is 3.40. The number of rotatable bonds is 10. The van der Waals surface area contributed by atoms with E-state index in [1.54, 1.807) is 27.7 Å². The van der Waals surface area contributed by atoms with Crippen LogP contribution in [0.4, 0.5) is 0 Å². The standard InChI is InChI=1S/C38H69NO12/c1-14-26(40)38(11,44)33-21(5)29-19(3)17-37(10,51-29)32(50-35-28(41)25(39(12)15-2)16-20(4)46-35)22(6)30(23(7)34(43)49-33)48-27-18-36(9,45-13)31(42)24(8)47-27/h19-33,35,40-42,44H,14-18H2,1-13H3/t19?,20?,21-,22-,23+,24?,25?,26+,27-,28?,29?,30-,31-,32+,33+,35-,36?,37-,38+/m0/s1. The predicted molar refractivity (Wildman–Crippen MR) is 189 cm³/mol. The number of aliphatic hydroxyl groups excluding tert-OH is 3. The van der Waals surface area contributed by atoms with Crippen LogP contribution in [-0.4, -0.2) is 142 Å². The van der Waals surface area contributed by atoms with Crippen molar-refractivity contribution < 1.29 is 58.4 Å². The van der Waals surface area contributed by atoms with Gasteiger partial charge in [-0.3, -0.25) is 4.79 Å². The van der Waals surface area contributed by atoms with Crippen LogP contribution in [0.25, 0.3) is 0 Å². The molecule has 4 rings (SSSR count). The first-order chi connectivity index (χ1) is 23.6. The molecule has 4 saturated heterocycles. The molecule has 0 spiro atoms. The number of aliphatic hydroxyl groups is 4. The molecule has 13 heteroatoms. The van der Waals surface area contributed by atoms with Gasteiger partial charge in [0, 0.05) is 31.4 Å². The van der Waals surface area contributed by atoms with Gasteiger partial charge >= 0.3 is 5.97 Å². The van der Waals surface area contributed by atoms with Crippen molar-refractivity contribution in [2.75, 3.05) is 20.7 Å². The lowest BCUT2D eigenvalue weighted by Crippen LogP contribution is -2.60. The summed E-state index contributed by atoms with van der Waals surface area (Å²) < 4.78 is 45.2.